The molecule has 1 aliphatic heterocycles. The minimum atomic E-state index is -0.146. The van der Waals surface area contributed by atoms with Crippen LogP contribution in [0.4, 0.5) is 11.4 Å². The monoisotopic (exact) mass is 446 g/mol. The van der Waals surface area contributed by atoms with Crippen LogP contribution in [0.1, 0.15) is 44.0 Å². The molecule has 0 spiro atoms. The Hall–Kier alpha value is -3.12. The largest absolute Gasteiger partial charge is 0.493 e. The molecule has 0 bridgehead atoms. The highest BCUT2D eigenvalue weighted by atomic mass is 16.5. The van der Waals surface area contributed by atoms with Gasteiger partial charge in [-0.15, -0.1) is 0 Å². The molecule has 6 nitrogen and oxygen atoms in total. The number of piperidine rings is 1. The average molecular weight is 447 g/mol. The van der Waals surface area contributed by atoms with Crippen molar-refractivity contribution in [2.75, 3.05) is 31.6 Å². The number of para-hydroxylation sites is 1. The van der Waals surface area contributed by atoms with Crippen molar-refractivity contribution in [1.82, 2.24) is 15.2 Å². The Bertz CT molecular complexity index is 1080. The number of rotatable bonds is 8. The predicted molar refractivity (Wildman–Crippen MR) is 134 cm³/mol. The summed E-state index contributed by atoms with van der Waals surface area (Å²) in [5.41, 5.74) is 2.99. The summed E-state index contributed by atoms with van der Waals surface area (Å²) in [5, 5.41) is 7.31. The number of carbonyl (C=O) groups excluding carboxylic acids is 1. The fourth-order valence-corrected chi connectivity index (χ4v) is 4.26. The van der Waals surface area contributed by atoms with E-state index in [4.69, 9.17) is 4.74 Å². The van der Waals surface area contributed by atoms with Crippen LogP contribution in [-0.4, -0.2) is 48.1 Å². The van der Waals surface area contributed by atoms with Crippen LogP contribution in [0.15, 0.2) is 54.7 Å². The van der Waals surface area contributed by atoms with Gasteiger partial charge in [0.05, 0.1) is 23.4 Å². The number of benzene rings is 2. The average Bonchev–Trinajstić information content (AvgIpc) is 2.83. The number of fused-ring (bicyclic) bond motifs is 1. The van der Waals surface area contributed by atoms with E-state index in [9.17, 15) is 4.79 Å². The second-order valence-corrected chi connectivity index (χ2v) is 9.03. The van der Waals surface area contributed by atoms with Crippen molar-refractivity contribution in [3.05, 3.63) is 60.3 Å². The minimum absolute atomic E-state index is 0.0339. The topological polar surface area (TPSA) is 66.5 Å². The fourth-order valence-electron chi connectivity index (χ4n) is 4.26. The second kappa shape index (κ2) is 10.7. The molecule has 33 heavy (non-hydrogen) atoms. The summed E-state index contributed by atoms with van der Waals surface area (Å²) in [4.78, 5) is 20.0. The Morgan fingerprint density at radius 3 is 2.61 bits per heavy atom. The zero-order valence-electron chi connectivity index (χ0n) is 19.8. The molecule has 0 unspecified atom stereocenters. The Balaban J connectivity index is 1.62. The van der Waals surface area contributed by atoms with Gasteiger partial charge in [-0.2, -0.15) is 0 Å². The molecule has 1 aromatic heterocycles. The Kier molecular flexibility index (Phi) is 7.45. The van der Waals surface area contributed by atoms with Crippen LogP contribution in [0.5, 0.6) is 5.75 Å². The minimum Gasteiger partial charge on any atom is -0.493 e. The second-order valence-electron chi connectivity index (χ2n) is 9.03. The van der Waals surface area contributed by atoms with Gasteiger partial charge in [0.15, 0.2) is 0 Å². The molecule has 0 atom stereocenters. The maximum absolute atomic E-state index is 13.0. The van der Waals surface area contributed by atoms with E-state index in [0.29, 0.717) is 18.1 Å². The van der Waals surface area contributed by atoms with Crippen molar-refractivity contribution in [2.24, 2.45) is 5.92 Å². The van der Waals surface area contributed by atoms with Gasteiger partial charge in [-0.05, 0) is 82.6 Å². The maximum atomic E-state index is 13.0. The molecule has 3 aromatic rings. The molecule has 2 N–H and O–H groups in total. The smallest absolute Gasteiger partial charge is 0.255 e. The number of anilines is 2. The molecule has 2 heterocycles. The normalized spacial score (nSPS) is 15.0. The van der Waals surface area contributed by atoms with E-state index in [1.807, 2.05) is 62.4 Å². The standard InChI is InChI=1S/C27H34N4O2/c1-4-31-14-12-20(13-15-31)18-33-22-10-11-25-23(16-22)26(30-21-8-6-5-7-9-21)24(17-28-25)27(32)29-19(2)3/h5-11,16-17,19-20H,4,12-15,18H2,1-3H3,(H,28,30)(H,29,32). The number of pyridine rings is 1. The van der Waals surface area contributed by atoms with E-state index < -0.39 is 0 Å². The van der Waals surface area contributed by atoms with Gasteiger partial charge in [0.1, 0.15) is 5.75 Å². The van der Waals surface area contributed by atoms with Crippen molar-refractivity contribution in [2.45, 2.75) is 39.7 Å². The summed E-state index contributed by atoms with van der Waals surface area (Å²) in [6, 6.07) is 15.8. The molecule has 1 saturated heterocycles. The first-order valence-corrected chi connectivity index (χ1v) is 11.9. The van der Waals surface area contributed by atoms with Gasteiger partial charge in [0, 0.05) is 23.3 Å². The molecule has 6 heteroatoms. The quantitative estimate of drug-likeness (QED) is 0.496. The first kappa shape index (κ1) is 23.1. The zero-order chi connectivity index (χ0) is 23.2. The summed E-state index contributed by atoms with van der Waals surface area (Å²) < 4.78 is 6.22. The lowest BCUT2D eigenvalue weighted by Gasteiger charge is -2.30. The predicted octanol–water partition coefficient (Wildman–Crippen LogP) is 5.23. The van der Waals surface area contributed by atoms with Crippen molar-refractivity contribution in [3.63, 3.8) is 0 Å². The van der Waals surface area contributed by atoms with Crippen molar-refractivity contribution < 1.29 is 9.53 Å². The first-order valence-electron chi connectivity index (χ1n) is 11.9. The molecule has 0 aliphatic carbocycles. The zero-order valence-corrected chi connectivity index (χ0v) is 19.8. The van der Waals surface area contributed by atoms with E-state index in [1.165, 1.54) is 12.8 Å². The highest BCUT2D eigenvalue weighted by molar-refractivity contribution is 6.08. The summed E-state index contributed by atoms with van der Waals surface area (Å²) in [5.74, 6) is 1.23. The van der Waals surface area contributed by atoms with Gasteiger partial charge in [0.25, 0.3) is 5.91 Å². The molecule has 0 saturated carbocycles. The van der Waals surface area contributed by atoms with Gasteiger partial charge < -0.3 is 20.3 Å². The maximum Gasteiger partial charge on any atom is 0.255 e. The van der Waals surface area contributed by atoms with Gasteiger partial charge in [-0.25, -0.2) is 0 Å². The highest BCUT2D eigenvalue weighted by Crippen LogP contribution is 2.32. The van der Waals surface area contributed by atoms with Gasteiger partial charge >= 0.3 is 0 Å². The number of ether oxygens (including phenoxy) is 1. The number of carbonyl (C=O) groups is 1. The van der Waals surface area contributed by atoms with Gasteiger partial charge in [0.2, 0.25) is 0 Å². The fraction of sp³-hybridized carbons (Fsp3) is 0.407. The molecular weight excluding hydrogens is 412 g/mol. The first-order chi connectivity index (χ1) is 16.0. The van der Waals surface area contributed by atoms with Crippen LogP contribution in [0.2, 0.25) is 0 Å². The number of amides is 1. The molecule has 4 rings (SSSR count). The molecule has 1 amide bonds. The van der Waals surface area contributed by atoms with Crippen LogP contribution < -0.4 is 15.4 Å². The molecular formula is C27H34N4O2. The third-order valence-corrected chi connectivity index (χ3v) is 6.19. The van der Waals surface area contributed by atoms with E-state index in [2.05, 4.69) is 27.4 Å². The lowest BCUT2D eigenvalue weighted by atomic mass is 9.98. The van der Waals surface area contributed by atoms with Crippen LogP contribution in [0.25, 0.3) is 10.9 Å². The lowest BCUT2D eigenvalue weighted by molar-refractivity contribution is 0.0943. The number of likely N-dealkylation sites (tertiary alicyclic amines) is 1. The van der Waals surface area contributed by atoms with Crippen molar-refractivity contribution in [3.8, 4) is 5.75 Å². The molecule has 2 aromatic carbocycles. The molecule has 0 radical (unpaired) electrons. The van der Waals surface area contributed by atoms with Crippen LogP contribution >= 0.6 is 0 Å². The molecule has 174 valence electrons. The molecule has 1 fully saturated rings. The van der Waals surface area contributed by atoms with E-state index in [0.717, 1.165) is 47.7 Å². The van der Waals surface area contributed by atoms with Crippen LogP contribution in [0.3, 0.4) is 0 Å². The van der Waals surface area contributed by atoms with Gasteiger partial charge in [-0.3, -0.25) is 9.78 Å². The lowest BCUT2D eigenvalue weighted by Crippen LogP contribution is -2.35. The van der Waals surface area contributed by atoms with Crippen LogP contribution in [-0.2, 0) is 0 Å². The third kappa shape index (κ3) is 5.82. The summed E-state index contributed by atoms with van der Waals surface area (Å²) in [6.45, 7) is 10.2. The number of hydrogen-bond acceptors (Lipinski definition) is 5. The number of nitrogens with zero attached hydrogens (tertiary/aromatic N) is 2. The summed E-state index contributed by atoms with van der Waals surface area (Å²) in [6.07, 6.45) is 3.99. The third-order valence-electron chi connectivity index (χ3n) is 6.19. The number of aromatic nitrogens is 1. The number of hydrogen-bond donors (Lipinski definition) is 2. The summed E-state index contributed by atoms with van der Waals surface area (Å²) >= 11 is 0. The van der Waals surface area contributed by atoms with Crippen molar-refractivity contribution in [1.29, 1.82) is 0 Å². The highest BCUT2D eigenvalue weighted by Gasteiger charge is 2.20. The number of nitrogens with one attached hydrogen (secondary N) is 2. The summed E-state index contributed by atoms with van der Waals surface area (Å²) in [7, 11) is 0. The Labute approximate surface area is 196 Å². The van der Waals surface area contributed by atoms with E-state index in [-0.39, 0.29) is 11.9 Å². The van der Waals surface area contributed by atoms with Crippen LogP contribution in [0, 0.1) is 5.92 Å². The van der Waals surface area contributed by atoms with Gasteiger partial charge in [-0.1, -0.05) is 25.1 Å². The SMILES string of the molecule is CCN1CCC(COc2ccc3ncc(C(=O)NC(C)C)c(Nc4ccccc4)c3c2)CC1. The van der Waals surface area contributed by atoms with E-state index in [1.54, 1.807) is 6.20 Å². The Morgan fingerprint density at radius 2 is 1.91 bits per heavy atom. The van der Waals surface area contributed by atoms with Crippen molar-refractivity contribution >= 4 is 28.2 Å². The Morgan fingerprint density at radius 1 is 1.15 bits per heavy atom. The molecule has 1 aliphatic rings. The van der Waals surface area contributed by atoms with E-state index >= 15 is 0 Å².